The molecule has 0 heterocycles. The fraction of sp³-hybridized carbons (Fsp3) is 0. The van der Waals surface area contributed by atoms with E-state index in [0.29, 0.717) is 11.1 Å². The molecule has 0 radical (unpaired) electrons. The van der Waals surface area contributed by atoms with Crippen molar-refractivity contribution in [3.8, 4) is 0 Å². The van der Waals surface area contributed by atoms with Gasteiger partial charge >= 0.3 is 0 Å². The molecule has 0 aromatic heterocycles. The van der Waals surface area contributed by atoms with Gasteiger partial charge in [-0.2, -0.15) is 0 Å². The summed E-state index contributed by atoms with van der Waals surface area (Å²) in [6.45, 7) is 0. The first-order valence-electron chi connectivity index (χ1n) is 6.06. The maximum atomic E-state index is 11.8. The molecular formula is C16H14N2O2. The highest BCUT2D eigenvalue weighted by Crippen LogP contribution is 2.26. The molecule has 0 aliphatic heterocycles. The SMILES string of the molecule is NC(=O)/C(=C(/C(N)=O)c1ccccc1)c1ccccc1. The molecule has 100 valence electrons. The zero-order chi connectivity index (χ0) is 14.5. The van der Waals surface area contributed by atoms with Crippen LogP contribution < -0.4 is 11.5 Å². The van der Waals surface area contributed by atoms with Gasteiger partial charge in [0.15, 0.2) is 0 Å². The Hall–Kier alpha value is -2.88. The summed E-state index contributed by atoms with van der Waals surface area (Å²) in [4.78, 5) is 23.6. The number of benzene rings is 2. The topological polar surface area (TPSA) is 86.2 Å². The van der Waals surface area contributed by atoms with E-state index >= 15 is 0 Å². The molecule has 2 aromatic carbocycles. The average Bonchev–Trinajstić information content (AvgIpc) is 2.45. The highest BCUT2D eigenvalue weighted by Gasteiger charge is 2.20. The summed E-state index contributed by atoms with van der Waals surface area (Å²) >= 11 is 0. The quantitative estimate of drug-likeness (QED) is 0.650. The molecule has 0 aliphatic rings. The van der Waals surface area contributed by atoms with E-state index in [1.54, 1.807) is 48.5 Å². The average molecular weight is 266 g/mol. The number of hydrogen-bond acceptors (Lipinski definition) is 2. The molecule has 0 saturated carbocycles. The Morgan fingerprint density at radius 3 is 1.15 bits per heavy atom. The molecule has 0 saturated heterocycles. The van der Waals surface area contributed by atoms with Crippen molar-refractivity contribution in [2.45, 2.75) is 0 Å². The largest absolute Gasteiger partial charge is 0.366 e. The molecule has 2 amide bonds. The van der Waals surface area contributed by atoms with Gasteiger partial charge < -0.3 is 11.5 Å². The van der Waals surface area contributed by atoms with Crippen molar-refractivity contribution >= 4 is 23.0 Å². The number of hydrogen-bond donors (Lipinski definition) is 2. The first-order chi connectivity index (χ1) is 9.61. The van der Waals surface area contributed by atoms with Crippen LogP contribution in [0.3, 0.4) is 0 Å². The molecule has 0 bridgehead atoms. The minimum Gasteiger partial charge on any atom is -0.366 e. The summed E-state index contributed by atoms with van der Waals surface area (Å²) in [5, 5.41) is 0. The number of carbonyl (C=O) groups excluding carboxylic acids is 2. The number of carbonyl (C=O) groups is 2. The summed E-state index contributed by atoms with van der Waals surface area (Å²) < 4.78 is 0. The third-order valence-corrected chi connectivity index (χ3v) is 2.87. The van der Waals surface area contributed by atoms with Crippen molar-refractivity contribution in [3.63, 3.8) is 0 Å². The second-order valence-corrected chi connectivity index (χ2v) is 4.21. The first-order valence-corrected chi connectivity index (χ1v) is 6.06. The molecule has 20 heavy (non-hydrogen) atoms. The van der Waals surface area contributed by atoms with Crippen molar-refractivity contribution in [1.82, 2.24) is 0 Å². The maximum Gasteiger partial charge on any atom is 0.250 e. The van der Waals surface area contributed by atoms with Crippen LogP contribution >= 0.6 is 0 Å². The van der Waals surface area contributed by atoms with Crippen LogP contribution in [0.4, 0.5) is 0 Å². The first kappa shape index (κ1) is 13.5. The van der Waals surface area contributed by atoms with E-state index in [1.807, 2.05) is 12.1 Å². The minimum atomic E-state index is -0.686. The van der Waals surface area contributed by atoms with Gasteiger partial charge in [-0.3, -0.25) is 9.59 Å². The zero-order valence-corrected chi connectivity index (χ0v) is 10.7. The Bertz CT molecular complexity index is 602. The van der Waals surface area contributed by atoms with Gasteiger partial charge in [-0.05, 0) is 11.1 Å². The lowest BCUT2D eigenvalue weighted by Gasteiger charge is -2.11. The summed E-state index contributed by atoms with van der Waals surface area (Å²) in [6, 6.07) is 17.5. The molecule has 0 aliphatic carbocycles. The number of amides is 2. The van der Waals surface area contributed by atoms with Gasteiger partial charge in [0.1, 0.15) is 0 Å². The fourth-order valence-corrected chi connectivity index (χ4v) is 2.03. The Morgan fingerprint density at radius 1 is 0.600 bits per heavy atom. The lowest BCUT2D eigenvalue weighted by atomic mass is 9.93. The molecule has 4 N–H and O–H groups in total. The van der Waals surface area contributed by atoms with Crippen LogP contribution in [0.25, 0.3) is 11.1 Å². The van der Waals surface area contributed by atoms with E-state index in [4.69, 9.17) is 11.5 Å². The molecule has 2 rings (SSSR count). The van der Waals surface area contributed by atoms with E-state index in [0.717, 1.165) is 0 Å². The standard InChI is InChI=1S/C16H14N2O2/c17-15(19)13(11-7-3-1-4-8-11)14(16(18)20)12-9-5-2-6-10-12/h1-10H,(H2,17,19)(H2,18,20)/b14-13+. The van der Waals surface area contributed by atoms with E-state index in [1.165, 1.54) is 0 Å². The second kappa shape index (κ2) is 5.84. The Morgan fingerprint density at radius 2 is 0.900 bits per heavy atom. The molecular weight excluding hydrogens is 252 g/mol. The van der Waals surface area contributed by atoms with Crippen LogP contribution in [-0.4, -0.2) is 11.8 Å². The van der Waals surface area contributed by atoms with Crippen molar-refractivity contribution in [1.29, 1.82) is 0 Å². The molecule has 4 nitrogen and oxygen atoms in total. The highest BCUT2D eigenvalue weighted by molar-refractivity contribution is 6.39. The van der Waals surface area contributed by atoms with Gasteiger partial charge in [-0.25, -0.2) is 0 Å². The van der Waals surface area contributed by atoms with E-state index in [9.17, 15) is 9.59 Å². The van der Waals surface area contributed by atoms with Crippen molar-refractivity contribution in [2.24, 2.45) is 11.5 Å². The molecule has 0 fully saturated rings. The molecule has 0 spiro atoms. The molecule has 0 unspecified atom stereocenters. The minimum absolute atomic E-state index is 0.129. The summed E-state index contributed by atoms with van der Waals surface area (Å²) in [5.41, 5.74) is 12.3. The Balaban J connectivity index is 2.74. The smallest absolute Gasteiger partial charge is 0.250 e. The van der Waals surface area contributed by atoms with Crippen molar-refractivity contribution < 1.29 is 9.59 Å². The molecule has 0 atom stereocenters. The third-order valence-electron chi connectivity index (χ3n) is 2.87. The van der Waals surface area contributed by atoms with Gasteiger partial charge in [0.25, 0.3) is 0 Å². The van der Waals surface area contributed by atoms with E-state index < -0.39 is 11.8 Å². The lowest BCUT2D eigenvalue weighted by Crippen LogP contribution is -2.21. The number of rotatable bonds is 4. The maximum absolute atomic E-state index is 11.8. The van der Waals surface area contributed by atoms with Crippen LogP contribution in [0, 0.1) is 0 Å². The van der Waals surface area contributed by atoms with Gasteiger partial charge in [0, 0.05) is 0 Å². The van der Waals surface area contributed by atoms with Crippen molar-refractivity contribution in [2.75, 3.05) is 0 Å². The van der Waals surface area contributed by atoms with Gasteiger partial charge in [0.2, 0.25) is 11.8 Å². The van der Waals surface area contributed by atoms with Gasteiger partial charge in [-0.15, -0.1) is 0 Å². The van der Waals surface area contributed by atoms with Crippen LogP contribution in [0.1, 0.15) is 11.1 Å². The van der Waals surface area contributed by atoms with Crippen LogP contribution in [0.2, 0.25) is 0 Å². The molecule has 4 heteroatoms. The Kier molecular flexibility index (Phi) is 3.96. The van der Waals surface area contributed by atoms with E-state index in [2.05, 4.69) is 0 Å². The summed E-state index contributed by atoms with van der Waals surface area (Å²) in [7, 11) is 0. The van der Waals surface area contributed by atoms with Gasteiger partial charge in [-0.1, -0.05) is 60.7 Å². The highest BCUT2D eigenvalue weighted by atomic mass is 16.2. The van der Waals surface area contributed by atoms with E-state index in [-0.39, 0.29) is 11.1 Å². The number of primary amides is 2. The predicted molar refractivity (Wildman–Crippen MR) is 78.1 cm³/mol. The zero-order valence-electron chi connectivity index (χ0n) is 10.7. The van der Waals surface area contributed by atoms with Crippen LogP contribution in [0.5, 0.6) is 0 Å². The van der Waals surface area contributed by atoms with Crippen molar-refractivity contribution in [3.05, 3.63) is 71.8 Å². The van der Waals surface area contributed by atoms with Gasteiger partial charge in [0.05, 0.1) is 11.1 Å². The summed E-state index contributed by atoms with van der Waals surface area (Å²) in [6.07, 6.45) is 0. The predicted octanol–water partition coefficient (Wildman–Crippen LogP) is 1.57. The fourth-order valence-electron chi connectivity index (χ4n) is 2.03. The van der Waals surface area contributed by atoms with Crippen LogP contribution in [-0.2, 0) is 9.59 Å². The number of nitrogens with two attached hydrogens (primary N) is 2. The van der Waals surface area contributed by atoms with Crippen LogP contribution in [0.15, 0.2) is 60.7 Å². The molecule has 2 aromatic rings. The monoisotopic (exact) mass is 266 g/mol. The Labute approximate surface area is 116 Å². The second-order valence-electron chi connectivity index (χ2n) is 4.21. The summed E-state index contributed by atoms with van der Waals surface area (Å²) in [5.74, 6) is -1.37. The third kappa shape index (κ3) is 2.75. The lowest BCUT2D eigenvalue weighted by molar-refractivity contribution is -0.114. The normalized spacial score (nSPS) is 11.6.